The second-order valence-electron chi connectivity index (χ2n) is 4.62. The molecule has 0 amide bonds. The Hall–Kier alpha value is -1.01. The first kappa shape index (κ1) is 15.0. The highest BCUT2D eigenvalue weighted by atomic mass is 32.2. The number of carboxylic acids is 1. The predicted octanol–water partition coefficient (Wildman–Crippen LogP) is 2.05. The summed E-state index contributed by atoms with van der Waals surface area (Å²) in [6, 6.07) is 0. The first-order valence-electron chi connectivity index (χ1n) is 5.83. The SMILES string of the molecule is CCc1cnc(SCC(=O)O)n1CC(C)(C)OC. The van der Waals surface area contributed by atoms with Crippen LogP contribution in [0.15, 0.2) is 11.4 Å². The molecule has 1 N–H and O–H groups in total. The Balaban J connectivity index is 2.91. The van der Waals surface area contributed by atoms with Crippen molar-refractivity contribution in [1.29, 1.82) is 0 Å². The number of carboxylic acid groups (broad SMARTS) is 1. The van der Waals surface area contributed by atoms with E-state index in [1.807, 2.05) is 18.4 Å². The predicted molar refractivity (Wildman–Crippen MR) is 71.1 cm³/mol. The molecule has 0 aliphatic rings. The average molecular weight is 272 g/mol. The molecule has 0 saturated heterocycles. The molecule has 0 atom stereocenters. The molecule has 6 heteroatoms. The fourth-order valence-corrected chi connectivity index (χ4v) is 2.25. The van der Waals surface area contributed by atoms with Crippen molar-refractivity contribution in [2.24, 2.45) is 0 Å². The highest BCUT2D eigenvalue weighted by molar-refractivity contribution is 7.99. The van der Waals surface area contributed by atoms with Gasteiger partial charge in [0.1, 0.15) is 0 Å². The van der Waals surface area contributed by atoms with Gasteiger partial charge in [0.25, 0.3) is 0 Å². The number of aliphatic carboxylic acids is 1. The van der Waals surface area contributed by atoms with Crippen molar-refractivity contribution in [1.82, 2.24) is 9.55 Å². The number of thioether (sulfide) groups is 1. The highest BCUT2D eigenvalue weighted by Crippen LogP contribution is 2.22. The third-order valence-electron chi connectivity index (χ3n) is 2.68. The van der Waals surface area contributed by atoms with Crippen LogP contribution in [0.1, 0.15) is 26.5 Å². The van der Waals surface area contributed by atoms with Crippen molar-refractivity contribution in [2.75, 3.05) is 12.9 Å². The third kappa shape index (κ3) is 4.03. The molecular formula is C12H20N2O3S. The van der Waals surface area contributed by atoms with E-state index in [2.05, 4.69) is 11.9 Å². The van der Waals surface area contributed by atoms with Crippen molar-refractivity contribution in [2.45, 2.75) is 44.5 Å². The fourth-order valence-electron chi connectivity index (χ4n) is 1.53. The molecule has 1 heterocycles. The van der Waals surface area contributed by atoms with E-state index < -0.39 is 5.97 Å². The molecule has 0 fully saturated rings. The van der Waals surface area contributed by atoms with Gasteiger partial charge in [0, 0.05) is 19.0 Å². The van der Waals surface area contributed by atoms with E-state index >= 15 is 0 Å². The molecule has 0 saturated carbocycles. The number of aromatic nitrogens is 2. The van der Waals surface area contributed by atoms with Gasteiger partial charge in [-0.1, -0.05) is 18.7 Å². The molecule has 5 nitrogen and oxygen atoms in total. The summed E-state index contributed by atoms with van der Waals surface area (Å²) in [6.07, 6.45) is 2.66. The summed E-state index contributed by atoms with van der Waals surface area (Å²) >= 11 is 1.24. The lowest BCUT2D eigenvalue weighted by Crippen LogP contribution is -2.30. The minimum absolute atomic E-state index is 0.0214. The summed E-state index contributed by atoms with van der Waals surface area (Å²) < 4.78 is 7.46. The summed E-state index contributed by atoms with van der Waals surface area (Å²) in [5.74, 6) is -0.813. The fraction of sp³-hybridized carbons (Fsp3) is 0.667. The second kappa shape index (κ2) is 6.24. The Morgan fingerprint density at radius 3 is 2.78 bits per heavy atom. The van der Waals surface area contributed by atoms with Gasteiger partial charge >= 0.3 is 5.97 Å². The number of carbonyl (C=O) groups is 1. The number of hydrogen-bond donors (Lipinski definition) is 1. The molecular weight excluding hydrogens is 252 g/mol. The van der Waals surface area contributed by atoms with Crippen LogP contribution in [0.5, 0.6) is 0 Å². The largest absolute Gasteiger partial charge is 0.481 e. The topological polar surface area (TPSA) is 64.3 Å². The van der Waals surface area contributed by atoms with Crippen molar-refractivity contribution in [3.63, 3.8) is 0 Å². The lowest BCUT2D eigenvalue weighted by Gasteiger charge is -2.25. The summed E-state index contributed by atoms with van der Waals surface area (Å²) in [5.41, 5.74) is 0.788. The first-order chi connectivity index (χ1) is 8.39. The van der Waals surface area contributed by atoms with Gasteiger partial charge < -0.3 is 14.4 Å². The summed E-state index contributed by atoms with van der Waals surface area (Å²) in [7, 11) is 1.67. The summed E-state index contributed by atoms with van der Waals surface area (Å²) in [5, 5.41) is 9.46. The molecule has 0 spiro atoms. The molecule has 0 aliphatic heterocycles. The van der Waals surface area contributed by atoms with E-state index in [1.54, 1.807) is 13.3 Å². The van der Waals surface area contributed by atoms with Crippen LogP contribution in [0, 0.1) is 0 Å². The molecule has 0 aliphatic carbocycles. The summed E-state index contributed by atoms with van der Waals surface area (Å²) in [6.45, 7) is 6.71. The van der Waals surface area contributed by atoms with Crippen LogP contribution in [0.25, 0.3) is 0 Å². The van der Waals surface area contributed by atoms with Gasteiger partial charge in [-0.3, -0.25) is 4.79 Å². The maximum atomic E-state index is 10.6. The number of rotatable bonds is 7. The molecule has 0 unspecified atom stereocenters. The highest BCUT2D eigenvalue weighted by Gasteiger charge is 2.21. The van der Waals surface area contributed by atoms with Gasteiger partial charge in [0.05, 0.1) is 17.9 Å². The zero-order chi connectivity index (χ0) is 13.8. The number of aryl methyl sites for hydroxylation is 1. The molecule has 1 aromatic heterocycles. The Bertz CT molecular complexity index is 415. The van der Waals surface area contributed by atoms with E-state index in [9.17, 15) is 4.79 Å². The van der Waals surface area contributed by atoms with Gasteiger partial charge in [-0.05, 0) is 20.3 Å². The molecule has 0 aromatic carbocycles. The lowest BCUT2D eigenvalue weighted by atomic mass is 10.1. The lowest BCUT2D eigenvalue weighted by molar-refractivity contribution is -0.133. The van der Waals surface area contributed by atoms with Crippen LogP contribution >= 0.6 is 11.8 Å². The second-order valence-corrected chi connectivity index (χ2v) is 5.56. The zero-order valence-electron chi connectivity index (χ0n) is 11.3. The molecule has 18 heavy (non-hydrogen) atoms. The van der Waals surface area contributed by atoms with E-state index in [-0.39, 0.29) is 11.4 Å². The quantitative estimate of drug-likeness (QED) is 0.770. The van der Waals surface area contributed by atoms with Gasteiger partial charge in [-0.2, -0.15) is 0 Å². The Labute approximate surface area is 112 Å². The number of methoxy groups -OCH3 is 1. The average Bonchev–Trinajstić information content (AvgIpc) is 2.68. The van der Waals surface area contributed by atoms with Crippen molar-refractivity contribution >= 4 is 17.7 Å². The van der Waals surface area contributed by atoms with Crippen LogP contribution in [0.2, 0.25) is 0 Å². The van der Waals surface area contributed by atoms with Gasteiger partial charge in [0.15, 0.2) is 5.16 Å². The third-order valence-corrected chi connectivity index (χ3v) is 3.66. The smallest absolute Gasteiger partial charge is 0.313 e. The van der Waals surface area contributed by atoms with Crippen LogP contribution in [0.3, 0.4) is 0 Å². The first-order valence-corrected chi connectivity index (χ1v) is 6.82. The summed E-state index contributed by atoms with van der Waals surface area (Å²) in [4.78, 5) is 14.9. The van der Waals surface area contributed by atoms with E-state index in [0.717, 1.165) is 17.3 Å². The van der Waals surface area contributed by atoms with Crippen molar-refractivity contribution in [3.05, 3.63) is 11.9 Å². The van der Waals surface area contributed by atoms with Gasteiger partial charge in [-0.25, -0.2) is 4.98 Å². The minimum Gasteiger partial charge on any atom is -0.481 e. The van der Waals surface area contributed by atoms with E-state index in [1.165, 1.54) is 11.8 Å². The molecule has 1 rings (SSSR count). The van der Waals surface area contributed by atoms with Crippen LogP contribution in [-0.2, 0) is 22.5 Å². The van der Waals surface area contributed by atoms with Gasteiger partial charge in [-0.15, -0.1) is 0 Å². The number of imidazole rings is 1. The normalized spacial score (nSPS) is 11.8. The zero-order valence-corrected chi connectivity index (χ0v) is 12.1. The monoisotopic (exact) mass is 272 g/mol. The maximum absolute atomic E-state index is 10.6. The van der Waals surface area contributed by atoms with Crippen LogP contribution < -0.4 is 0 Å². The van der Waals surface area contributed by atoms with E-state index in [4.69, 9.17) is 9.84 Å². The number of ether oxygens (including phenoxy) is 1. The van der Waals surface area contributed by atoms with Crippen molar-refractivity contribution in [3.8, 4) is 0 Å². The molecule has 1 aromatic rings. The molecule has 0 radical (unpaired) electrons. The van der Waals surface area contributed by atoms with Crippen molar-refractivity contribution < 1.29 is 14.6 Å². The molecule has 102 valence electrons. The number of hydrogen-bond acceptors (Lipinski definition) is 4. The minimum atomic E-state index is -0.835. The van der Waals surface area contributed by atoms with E-state index in [0.29, 0.717) is 6.54 Å². The Morgan fingerprint density at radius 2 is 2.28 bits per heavy atom. The molecule has 0 bridgehead atoms. The number of nitrogens with zero attached hydrogens (tertiary/aromatic N) is 2. The Kier molecular flexibility index (Phi) is 5.22. The van der Waals surface area contributed by atoms with Crippen LogP contribution in [-0.4, -0.2) is 39.1 Å². The van der Waals surface area contributed by atoms with Gasteiger partial charge in [0.2, 0.25) is 0 Å². The van der Waals surface area contributed by atoms with Crippen LogP contribution in [0.4, 0.5) is 0 Å². The maximum Gasteiger partial charge on any atom is 0.313 e. The Morgan fingerprint density at radius 1 is 1.61 bits per heavy atom. The standard InChI is InChI=1S/C12H20N2O3S/c1-5-9-6-13-11(18-7-10(15)16)14(9)8-12(2,3)17-4/h6H,5,7-8H2,1-4H3,(H,15,16).